The maximum absolute atomic E-state index is 13.1. The number of sulfone groups is 1. The maximum atomic E-state index is 13.1. The van der Waals surface area contributed by atoms with Gasteiger partial charge in [0, 0.05) is 0 Å². The van der Waals surface area contributed by atoms with Gasteiger partial charge < -0.3 is 10.1 Å². The second-order valence-corrected chi connectivity index (χ2v) is 11.5. The first-order valence-electron chi connectivity index (χ1n) is 10.1. The van der Waals surface area contributed by atoms with Crippen LogP contribution >= 0.6 is 27.0 Å². The van der Waals surface area contributed by atoms with E-state index in [1.807, 2.05) is 26.0 Å². The van der Waals surface area contributed by atoms with Crippen molar-refractivity contribution in [3.8, 4) is 0 Å². The molecule has 9 heteroatoms. The Morgan fingerprint density at radius 2 is 1.69 bits per heavy atom. The SMILES string of the molecule is C.CC(C)C[C@H](C(=O)N[C@@H]1C(=O)CO[C@H]1C)S(=O)(=O)Cc1ccc(C(C)(C)C)cc1.S.S. The standard InChI is InChI=1S/C22H33NO5S.CH4.2H2S/c1-14(2)11-19(21(25)23-20-15(3)28-12-18(20)24)29(26,27)13-16-7-9-17(10-8-16)22(4,5)6;;;/h7-10,14-15,19-20H,11-13H2,1-6H3,(H,23,25);1H4;2*1H2/t15-,19+,20-;;;/m0.../s1. The van der Waals surface area contributed by atoms with E-state index >= 15 is 0 Å². The molecule has 32 heavy (non-hydrogen) atoms. The minimum Gasteiger partial charge on any atom is -0.368 e. The average Bonchev–Trinajstić information content (AvgIpc) is 2.90. The van der Waals surface area contributed by atoms with E-state index in [2.05, 4.69) is 26.1 Å². The van der Waals surface area contributed by atoms with E-state index in [9.17, 15) is 18.0 Å². The Bertz CT molecular complexity index is 845. The fourth-order valence-electron chi connectivity index (χ4n) is 3.38. The van der Waals surface area contributed by atoms with Gasteiger partial charge in [-0.3, -0.25) is 9.59 Å². The topological polar surface area (TPSA) is 89.5 Å². The molecule has 186 valence electrons. The van der Waals surface area contributed by atoms with Crippen molar-refractivity contribution in [2.75, 3.05) is 6.61 Å². The summed E-state index contributed by atoms with van der Waals surface area (Å²) in [5.74, 6) is -1.06. The van der Waals surface area contributed by atoms with Crippen LogP contribution in [-0.4, -0.2) is 44.1 Å². The summed E-state index contributed by atoms with van der Waals surface area (Å²) in [5, 5.41) is 1.41. The molecule has 2 rings (SSSR count). The summed E-state index contributed by atoms with van der Waals surface area (Å²) in [6.45, 7) is 11.7. The molecule has 0 aromatic heterocycles. The molecule has 0 aliphatic carbocycles. The van der Waals surface area contributed by atoms with Crippen LogP contribution in [0.4, 0.5) is 0 Å². The van der Waals surface area contributed by atoms with E-state index in [-0.39, 0.29) is 70.3 Å². The molecular formula is C23H41NO5S3. The van der Waals surface area contributed by atoms with Crippen LogP contribution < -0.4 is 5.32 Å². The summed E-state index contributed by atoms with van der Waals surface area (Å²) in [7, 11) is -3.76. The smallest absolute Gasteiger partial charge is 0.239 e. The van der Waals surface area contributed by atoms with E-state index in [0.29, 0.717) is 5.56 Å². The van der Waals surface area contributed by atoms with Crippen molar-refractivity contribution in [2.45, 2.75) is 84.0 Å². The number of ether oxygens (including phenoxy) is 1. The highest BCUT2D eigenvalue weighted by atomic mass is 32.2. The van der Waals surface area contributed by atoms with E-state index in [4.69, 9.17) is 4.74 Å². The third kappa shape index (κ3) is 8.72. The molecule has 1 aliphatic rings. The normalized spacial score (nSPS) is 19.4. The van der Waals surface area contributed by atoms with Crippen LogP contribution in [0.2, 0.25) is 0 Å². The molecule has 1 amide bonds. The molecule has 3 atom stereocenters. The van der Waals surface area contributed by atoms with Crippen LogP contribution in [0.25, 0.3) is 0 Å². The number of benzene rings is 1. The van der Waals surface area contributed by atoms with Gasteiger partial charge in [-0.2, -0.15) is 27.0 Å². The lowest BCUT2D eigenvalue weighted by Crippen LogP contribution is -2.50. The van der Waals surface area contributed by atoms with Crippen molar-refractivity contribution in [1.82, 2.24) is 5.32 Å². The zero-order valence-corrected chi connectivity index (χ0v) is 22.0. The molecule has 1 fully saturated rings. The molecule has 0 spiro atoms. The number of hydrogen-bond acceptors (Lipinski definition) is 5. The van der Waals surface area contributed by atoms with Crippen molar-refractivity contribution in [1.29, 1.82) is 0 Å². The lowest BCUT2D eigenvalue weighted by Gasteiger charge is -2.23. The zero-order chi connectivity index (χ0) is 22.0. The first kappa shape index (κ1) is 33.1. The molecule has 1 aromatic rings. The van der Waals surface area contributed by atoms with E-state index in [1.54, 1.807) is 19.1 Å². The molecule has 0 saturated carbocycles. The fraction of sp³-hybridized carbons (Fsp3) is 0.652. The molecular weight excluding hydrogens is 466 g/mol. The number of amides is 1. The monoisotopic (exact) mass is 507 g/mol. The Balaban J connectivity index is 0. The second-order valence-electron chi connectivity index (χ2n) is 9.34. The van der Waals surface area contributed by atoms with Crippen molar-refractivity contribution in [3.05, 3.63) is 35.4 Å². The number of carbonyl (C=O) groups is 2. The highest BCUT2D eigenvalue weighted by Gasteiger charge is 2.39. The first-order chi connectivity index (χ1) is 13.3. The molecule has 1 aromatic carbocycles. The molecule has 0 unspecified atom stereocenters. The van der Waals surface area contributed by atoms with Gasteiger partial charge >= 0.3 is 0 Å². The maximum Gasteiger partial charge on any atom is 0.239 e. The number of carbonyl (C=O) groups excluding carboxylic acids is 2. The van der Waals surface area contributed by atoms with Gasteiger partial charge in [-0.25, -0.2) is 8.42 Å². The minimum atomic E-state index is -3.76. The lowest BCUT2D eigenvalue weighted by molar-refractivity contribution is -0.126. The fourth-order valence-corrected chi connectivity index (χ4v) is 5.31. The summed E-state index contributed by atoms with van der Waals surface area (Å²) in [5.41, 5.74) is 1.74. The van der Waals surface area contributed by atoms with Crippen molar-refractivity contribution in [2.24, 2.45) is 5.92 Å². The van der Waals surface area contributed by atoms with E-state index in [1.165, 1.54) is 0 Å². The summed E-state index contributed by atoms with van der Waals surface area (Å²) in [6.07, 6.45) is -0.261. The number of nitrogens with one attached hydrogen (secondary N) is 1. The van der Waals surface area contributed by atoms with Gasteiger partial charge in [0.2, 0.25) is 5.91 Å². The summed E-state index contributed by atoms with van der Waals surface area (Å²) in [6, 6.07) is 6.67. The number of Topliss-reactive ketones (excluding diaryl/α,β-unsaturated/α-hetero) is 1. The Kier molecular flexibility index (Phi) is 13.5. The van der Waals surface area contributed by atoms with Gasteiger partial charge in [0.15, 0.2) is 15.6 Å². The molecule has 0 bridgehead atoms. The zero-order valence-electron chi connectivity index (χ0n) is 19.2. The van der Waals surface area contributed by atoms with Crippen LogP contribution in [0, 0.1) is 5.92 Å². The largest absolute Gasteiger partial charge is 0.368 e. The van der Waals surface area contributed by atoms with Gasteiger partial charge in [-0.05, 0) is 35.8 Å². The van der Waals surface area contributed by atoms with E-state index < -0.39 is 33.1 Å². The summed E-state index contributed by atoms with van der Waals surface area (Å²) < 4.78 is 31.5. The second kappa shape index (κ2) is 13.0. The molecule has 1 heterocycles. The van der Waals surface area contributed by atoms with Crippen LogP contribution in [0.5, 0.6) is 0 Å². The van der Waals surface area contributed by atoms with Crippen LogP contribution in [0.1, 0.15) is 66.5 Å². The third-order valence-corrected chi connectivity index (χ3v) is 7.21. The van der Waals surface area contributed by atoms with Gasteiger partial charge in [0.25, 0.3) is 0 Å². The van der Waals surface area contributed by atoms with Crippen molar-refractivity contribution < 1.29 is 22.7 Å². The highest BCUT2D eigenvalue weighted by Crippen LogP contribution is 2.24. The molecule has 1 saturated heterocycles. The van der Waals surface area contributed by atoms with Crippen LogP contribution in [0.3, 0.4) is 0 Å². The van der Waals surface area contributed by atoms with Crippen molar-refractivity contribution in [3.63, 3.8) is 0 Å². The van der Waals surface area contributed by atoms with E-state index in [0.717, 1.165) is 5.56 Å². The summed E-state index contributed by atoms with van der Waals surface area (Å²) in [4.78, 5) is 24.8. The number of ketones is 1. The van der Waals surface area contributed by atoms with Crippen LogP contribution in [-0.2, 0) is 35.3 Å². The Morgan fingerprint density at radius 3 is 2.09 bits per heavy atom. The molecule has 1 N–H and O–H groups in total. The average molecular weight is 508 g/mol. The first-order valence-corrected chi connectivity index (χ1v) is 11.8. The van der Waals surface area contributed by atoms with Gasteiger partial charge in [0.1, 0.15) is 17.9 Å². The number of hydrogen-bond donors (Lipinski definition) is 1. The number of rotatable bonds is 7. The predicted molar refractivity (Wildman–Crippen MR) is 141 cm³/mol. The Hall–Kier alpha value is -1.03. The Morgan fingerprint density at radius 1 is 1.16 bits per heavy atom. The lowest BCUT2D eigenvalue weighted by atomic mass is 9.87. The predicted octanol–water partition coefficient (Wildman–Crippen LogP) is 3.65. The summed E-state index contributed by atoms with van der Waals surface area (Å²) >= 11 is 0. The quantitative estimate of drug-likeness (QED) is 0.608. The Labute approximate surface area is 208 Å². The minimum absolute atomic E-state index is 0. The van der Waals surface area contributed by atoms with Gasteiger partial charge in [-0.1, -0.05) is 66.3 Å². The van der Waals surface area contributed by atoms with Crippen molar-refractivity contribution >= 4 is 48.5 Å². The molecule has 6 nitrogen and oxygen atoms in total. The van der Waals surface area contributed by atoms with Gasteiger partial charge in [-0.15, -0.1) is 0 Å². The van der Waals surface area contributed by atoms with Gasteiger partial charge in [0.05, 0.1) is 11.9 Å². The molecule has 1 aliphatic heterocycles. The molecule has 0 radical (unpaired) electrons. The third-order valence-electron chi connectivity index (χ3n) is 5.20. The van der Waals surface area contributed by atoms with Crippen LogP contribution in [0.15, 0.2) is 24.3 Å². The highest BCUT2D eigenvalue weighted by molar-refractivity contribution is 7.92.